The first-order chi connectivity index (χ1) is 22.2. The van der Waals surface area contributed by atoms with Crippen molar-refractivity contribution in [2.24, 2.45) is 7.05 Å². The van der Waals surface area contributed by atoms with Crippen LogP contribution in [0.15, 0.2) is 102 Å². The van der Waals surface area contributed by atoms with E-state index in [4.69, 9.17) is 26.2 Å². The molecule has 244 valence electrons. The number of aryl methyl sites for hydroxylation is 1. The van der Waals surface area contributed by atoms with Crippen molar-refractivity contribution in [3.8, 4) is 17.2 Å². The Bertz CT molecular complexity index is 1990. The van der Waals surface area contributed by atoms with E-state index in [-0.39, 0.29) is 41.6 Å². The molecule has 1 N–H and O–H groups in total. The van der Waals surface area contributed by atoms with Gasteiger partial charge in [0.1, 0.15) is 29.7 Å². The highest BCUT2D eigenvalue weighted by molar-refractivity contribution is 8.15. The van der Waals surface area contributed by atoms with E-state index in [1.807, 2.05) is 78.3 Å². The van der Waals surface area contributed by atoms with Gasteiger partial charge in [-0.05, 0) is 84.3 Å². The SMILES string of the molecule is Cl.Cn1c(COc2ccc(CC3SC(=O)NC3=O)cc2)nc2ccc(Oc3ccc(CCN(Cl)S(=O)(=O)c4ccccc4)cc3)cc21. The monoisotopic (exact) mass is 712 g/mol. The van der Waals surface area contributed by atoms with Crippen LogP contribution in [-0.4, -0.2) is 44.7 Å². The van der Waals surface area contributed by atoms with E-state index in [0.717, 1.165) is 43.6 Å². The lowest BCUT2D eigenvalue weighted by atomic mass is 10.1. The standard InChI is InChI=1S/C33H29ClN4O6S2.ClH/c1-37-29-20-26(44-25-13-7-22(8-14-25)17-18-38(34)46(41,42)27-5-3-2-4-6-27)15-16-28(29)35-31(37)21-43-24-11-9-23(10-12-24)19-30-32(39)36-33(40)45-30;/h2-16,20,30H,17-19,21H2,1H3,(H,36,39,40);1H. The van der Waals surface area contributed by atoms with Gasteiger partial charge in [-0.15, -0.1) is 16.2 Å². The lowest BCUT2D eigenvalue weighted by molar-refractivity contribution is -0.118. The Morgan fingerprint density at radius 2 is 1.57 bits per heavy atom. The first-order valence-electron chi connectivity index (χ1n) is 14.3. The molecule has 0 spiro atoms. The molecule has 4 aromatic carbocycles. The van der Waals surface area contributed by atoms with E-state index in [9.17, 15) is 18.0 Å². The van der Waals surface area contributed by atoms with Gasteiger partial charge in [-0.3, -0.25) is 14.9 Å². The van der Waals surface area contributed by atoms with Crippen LogP contribution in [0.3, 0.4) is 0 Å². The highest BCUT2D eigenvalue weighted by atomic mass is 35.5. The number of thioether (sulfide) groups is 1. The predicted octanol–water partition coefficient (Wildman–Crippen LogP) is 6.65. The number of benzene rings is 4. The van der Waals surface area contributed by atoms with E-state index in [1.54, 1.807) is 18.2 Å². The first kappa shape index (κ1) is 34.3. The molecule has 47 heavy (non-hydrogen) atoms. The quantitative estimate of drug-likeness (QED) is 0.143. The van der Waals surface area contributed by atoms with Gasteiger partial charge in [0, 0.05) is 19.7 Å². The molecule has 1 atom stereocenters. The van der Waals surface area contributed by atoms with Gasteiger partial charge in [-0.25, -0.2) is 13.4 Å². The minimum absolute atomic E-state index is 0. The zero-order valence-corrected chi connectivity index (χ0v) is 28.2. The maximum Gasteiger partial charge on any atom is 0.286 e. The molecule has 0 radical (unpaired) electrons. The van der Waals surface area contributed by atoms with Crippen LogP contribution in [-0.2, 0) is 41.3 Å². The van der Waals surface area contributed by atoms with Crippen LogP contribution >= 0.6 is 35.9 Å². The molecule has 2 amide bonds. The van der Waals surface area contributed by atoms with Crippen molar-refractivity contribution in [2.75, 3.05) is 6.54 Å². The van der Waals surface area contributed by atoms with Gasteiger partial charge >= 0.3 is 0 Å². The Morgan fingerprint density at radius 1 is 0.915 bits per heavy atom. The number of rotatable bonds is 12. The molecule has 1 fully saturated rings. The fraction of sp³-hybridized carbons (Fsp3) is 0.182. The van der Waals surface area contributed by atoms with Crippen molar-refractivity contribution in [3.63, 3.8) is 0 Å². The number of fused-ring (bicyclic) bond motifs is 1. The topological polar surface area (TPSA) is 120 Å². The maximum atomic E-state index is 12.6. The fourth-order valence-corrected chi connectivity index (χ4v) is 7.17. The second-order valence-corrected chi connectivity index (χ2v) is 14.2. The van der Waals surface area contributed by atoms with Crippen molar-refractivity contribution in [3.05, 3.63) is 114 Å². The van der Waals surface area contributed by atoms with E-state index < -0.39 is 15.3 Å². The molecule has 1 aliphatic heterocycles. The zero-order valence-electron chi connectivity index (χ0n) is 25.0. The zero-order chi connectivity index (χ0) is 32.3. The number of hydrogen-bond donors (Lipinski definition) is 1. The highest BCUT2D eigenvalue weighted by Gasteiger charge is 2.31. The molecule has 0 saturated carbocycles. The number of amides is 2. The summed E-state index contributed by atoms with van der Waals surface area (Å²) in [5.74, 6) is 2.42. The summed E-state index contributed by atoms with van der Waals surface area (Å²) in [6, 6.07) is 28.6. The largest absolute Gasteiger partial charge is 0.486 e. The molecule has 6 rings (SSSR count). The first-order valence-corrected chi connectivity index (χ1v) is 17.0. The maximum absolute atomic E-state index is 12.6. The van der Waals surface area contributed by atoms with Gasteiger partial charge in [0.15, 0.2) is 0 Å². The smallest absolute Gasteiger partial charge is 0.286 e. The average molecular weight is 714 g/mol. The van der Waals surface area contributed by atoms with E-state index >= 15 is 0 Å². The van der Waals surface area contributed by atoms with Crippen LogP contribution in [0.25, 0.3) is 11.0 Å². The molecule has 1 unspecified atom stereocenters. The van der Waals surface area contributed by atoms with Crippen LogP contribution in [0.5, 0.6) is 17.2 Å². The molecule has 1 saturated heterocycles. The highest BCUT2D eigenvalue weighted by Crippen LogP contribution is 2.28. The van der Waals surface area contributed by atoms with E-state index in [0.29, 0.717) is 30.1 Å². The van der Waals surface area contributed by atoms with Crippen LogP contribution in [0.1, 0.15) is 17.0 Å². The molecule has 1 aromatic heterocycles. The Kier molecular flexibility index (Phi) is 10.8. The Hall–Kier alpha value is -4.07. The third kappa shape index (κ3) is 8.09. The third-order valence-corrected chi connectivity index (χ3v) is 10.7. The molecule has 1 aliphatic rings. The van der Waals surface area contributed by atoms with Crippen molar-refractivity contribution in [1.82, 2.24) is 18.7 Å². The van der Waals surface area contributed by atoms with Crippen molar-refractivity contribution >= 4 is 68.1 Å². The van der Waals surface area contributed by atoms with Gasteiger partial charge < -0.3 is 14.0 Å². The van der Waals surface area contributed by atoms with Crippen molar-refractivity contribution in [2.45, 2.75) is 29.6 Å². The van der Waals surface area contributed by atoms with Gasteiger partial charge in [-0.2, -0.15) is 0 Å². The second kappa shape index (κ2) is 14.8. The minimum Gasteiger partial charge on any atom is -0.486 e. The second-order valence-electron chi connectivity index (χ2n) is 10.6. The minimum atomic E-state index is -3.77. The molecular formula is C33H30Cl2N4O6S2. The summed E-state index contributed by atoms with van der Waals surface area (Å²) < 4.78 is 40.2. The van der Waals surface area contributed by atoms with Gasteiger partial charge in [0.25, 0.3) is 15.3 Å². The number of nitrogens with one attached hydrogen (secondary N) is 1. The van der Waals surface area contributed by atoms with E-state index in [2.05, 4.69) is 5.32 Å². The number of carbonyl (C=O) groups is 2. The number of imidazole rings is 1. The summed E-state index contributed by atoms with van der Waals surface area (Å²) in [4.78, 5) is 28.1. The average Bonchev–Trinajstić information content (AvgIpc) is 3.56. The number of imide groups is 1. The number of halogens is 2. The molecule has 10 nitrogen and oxygen atoms in total. The summed E-state index contributed by atoms with van der Waals surface area (Å²) in [5, 5.41) is 1.59. The molecule has 0 bridgehead atoms. The van der Waals surface area contributed by atoms with Crippen LogP contribution < -0.4 is 14.8 Å². The summed E-state index contributed by atoms with van der Waals surface area (Å²) >= 11 is 7.15. The number of sulfonamides is 1. The van der Waals surface area contributed by atoms with Crippen LogP contribution in [0.2, 0.25) is 0 Å². The number of hydrogen-bond acceptors (Lipinski definition) is 8. The Labute approximate surface area is 287 Å². The van der Waals surface area contributed by atoms with Crippen molar-refractivity contribution < 1.29 is 27.5 Å². The molecule has 0 aliphatic carbocycles. The van der Waals surface area contributed by atoms with Crippen LogP contribution in [0, 0.1) is 0 Å². The lowest BCUT2D eigenvalue weighted by Gasteiger charge is -2.14. The molecule has 14 heteroatoms. The normalized spacial score (nSPS) is 14.7. The summed E-state index contributed by atoms with van der Waals surface area (Å²) in [5.41, 5.74) is 3.54. The molecule has 2 heterocycles. The Balaban J connectivity index is 0.00000433. The van der Waals surface area contributed by atoms with Gasteiger partial charge in [0.2, 0.25) is 5.91 Å². The Morgan fingerprint density at radius 3 is 2.26 bits per heavy atom. The van der Waals surface area contributed by atoms with E-state index in [1.165, 1.54) is 12.1 Å². The predicted molar refractivity (Wildman–Crippen MR) is 184 cm³/mol. The number of ether oxygens (including phenoxy) is 2. The fourth-order valence-electron chi connectivity index (χ4n) is 4.93. The molecule has 5 aromatic rings. The van der Waals surface area contributed by atoms with Gasteiger partial charge in [0.05, 0.1) is 21.2 Å². The number of carbonyl (C=O) groups excluding carboxylic acids is 2. The summed E-state index contributed by atoms with van der Waals surface area (Å²) in [6.45, 7) is 0.375. The number of aromatic nitrogens is 2. The molecular weight excluding hydrogens is 683 g/mol. The third-order valence-electron chi connectivity index (χ3n) is 7.46. The van der Waals surface area contributed by atoms with Gasteiger partial charge in [-0.1, -0.05) is 54.2 Å². The summed E-state index contributed by atoms with van der Waals surface area (Å²) in [6.07, 6.45) is 0.905. The van der Waals surface area contributed by atoms with Crippen molar-refractivity contribution in [1.29, 1.82) is 0 Å². The van der Waals surface area contributed by atoms with Crippen LogP contribution in [0.4, 0.5) is 4.79 Å². The number of nitrogens with zero attached hydrogens (tertiary/aromatic N) is 3. The lowest BCUT2D eigenvalue weighted by Crippen LogP contribution is -2.25. The summed E-state index contributed by atoms with van der Waals surface area (Å²) in [7, 11) is -1.85.